The number of hydrogen-bond acceptors (Lipinski definition) is 2. The van der Waals surface area contributed by atoms with Crippen LogP contribution in [-0.2, 0) is 6.42 Å². The van der Waals surface area contributed by atoms with Gasteiger partial charge in [-0.1, -0.05) is 25.1 Å². The molecule has 0 aromatic heterocycles. The van der Waals surface area contributed by atoms with Gasteiger partial charge in [0.1, 0.15) is 0 Å². The van der Waals surface area contributed by atoms with Gasteiger partial charge < -0.3 is 10.2 Å². The molecule has 116 valence electrons. The van der Waals surface area contributed by atoms with Crippen LogP contribution in [-0.4, -0.2) is 25.7 Å². The lowest BCUT2D eigenvalue weighted by molar-refractivity contribution is 0.309. The molecule has 1 aliphatic carbocycles. The molecule has 1 saturated carbocycles. The van der Waals surface area contributed by atoms with Gasteiger partial charge in [-0.15, -0.1) is 0 Å². The molecule has 1 aromatic carbocycles. The number of nitrogens with zero attached hydrogens (tertiary/aromatic N) is 1. The summed E-state index contributed by atoms with van der Waals surface area (Å²) in [7, 11) is 0. The summed E-state index contributed by atoms with van der Waals surface area (Å²) in [5, 5.41) is 3.80. The molecule has 1 N–H and O–H groups in total. The van der Waals surface area contributed by atoms with Gasteiger partial charge in [0, 0.05) is 31.4 Å². The minimum Gasteiger partial charge on any atom is -0.370 e. The van der Waals surface area contributed by atoms with Crippen molar-refractivity contribution in [3.05, 3.63) is 29.8 Å². The van der Waals surface area contributed by atoms with E-state index < -0.39 is 0 Å². The molecule has 0 saturated heterocycles. The normalized spacial score (nSPS) is 26.2. The topological polar surface area (TPSA) is 15.3 Å². The Balaban J connectivity index is 1.51. The molecule has 0 bridgehead atoms. The molecule has 0 radical (unpaired) electrons. The van der Waals surface area contributed by atoms with Crippen molar-refractivity contribution in [1.82, 2.24) is 5.32 Å². The van der Waals surface area contributed by atoms with E-state index in [0.717, 1.165) is 25.0 Å². The van der Waals surface area contributed by atoms with Crippen LogP contribution in [0.3, 0.4) is 0 Å². The number of aryl methyl sites for hydroxylation is 1. The lowest BCUT2D eigenvalue weighted by atomic mass is 9.87. The minimum absolute atomic E-state index is 0.767. The monoisotopic (exact) mass is 286 g/mol. The van der Waals surface area contributed by atoms with Gasteiger partial charge in [-0.2, -0.15) is 0 Å². The third-order valence-corrected chi connectivity index (χ3v) is 5.29. The highest BCUT2D eigenvalue weighted by atomic mass is 15.1. The third kappa shape index (κ3) is 4.00. The van der Waals surface area contributed by atoms with Crippen LogP contribution in [0.4, 0.5) is 5.69 Å². The number of hydrogen-bond donors (Lipinski definition) is 1. The van der Waals surface area contributed by atoms with E-state index in [1.54, 1.807) is 5.56 Å². The smallest absolute Gasteiger partial charge is 0.0399 e. The Bertz CT molecular complexity index is 435. The quantitative estimate of drug-likeness (QED) is 0.900. The van der Waals surface area contributed by atoms with E-state index >= 15 is 0 Å². The zero-order valence-corrected chi connectivity index (χ0v) is 13.5. The second-order valence-electron chi connectivity index (χ2n) is 6.98. The fraction of sp³-hybridized carbons (Fsp3) is 0.684. The second-order valence-corrected chi connectivity index (χ2v) is 6.98. The van der Waals surface area contributed by atoms with Gasteiger partial charge in [0.25, 0.3) is 0 Å². The summed E-state index contributed by atoms with van der Waals surface area (Å²) >= 11 is 0. The molecule has 0 amide bonds. The maximum Gasteiger partial charge on any atom is 0.0399 e. The maximum atomic E-state index is 3.80. The Hall–Kier alpha value is -1.02. The number of nitrogens with one attached hydrogen (secondary N) is 1. The lowest BCUT2D eigenvalue weighted by Crippen LogP contribution is -2.39. The van der Waals surface area contributed by atoms with E-state index in [1.165, 1.54) is 57.2 Å². The Morgan fingerprint density at radius 1 is 1.10 bits per heavy atom. The van der Waals surface area contributed by atoms with Gasteiger partial charge in [0.2, 0.25) is 0 Å². The highest BCUT2D eigenvalue weighted by Gasteiger charge is 2.18. The Morgan fingerprint density at radius 3 is 2.76 bits per heavy atom. The number of anilines is 1. The van der Waals surface area contributed by atoms with Crippen molar-refractivity contribution in [3.63, 3.8) is 0 Å². The lowest BCUT2D eigenvalue weighted by Gasteiger charge is -2.29. The highest BCUT2D eigenvalue weighted by Crippen LogP contribution is 2.26. The number of rotatable bonds is 4. The predicted octanol–water partition coefficient (Wildman–Crippen LogP) is 4.00. The minimum atomic E-state index is 0.767. The summed E-state index contributed by atoms with van der Waals surface area (Å²) in [6.45, 7) is 5.90. The summed E-state index contributed by atoms with van der Waals surface area (Å²) in [4.78, 5) is 2.60. The molecule has 2 heteroatoms. The molecule has 1 aliphatic heterocycles. The molecule has 0 unspecified atom stereocenters. The summed E-state index contributed by atoms with van der Waals surface area (Å²) in [6.07, 6.45) is 9.47. The summed E-state index contributed by atoms with van der Waals surface area (Å²) in [6, 6.07) is 9.76. The van der Waals surface area contributed by atoms with Crippen LogP contribution in [0, 0.1) is 5.92 Å². The van der Waals surface area contributed by atoms with E-state index in [1.807, 2.05) is 0 Å². The van der Waals surface area contributed by atoms with Crippen molar-refractivity contribution in [2.24, 2.45) is 5.92 Å². The average molecular weight is 286 g/mol. The van der Waals surface area contributed by atoms with Gasteiger partial charge in [0.05, 0.1) is 0 Å². The average Bonchev–Trinajstić information content (AvgIpc) is 2.72. The van der Waals surface area contributed by atoms with Crippen molar-refractivity contribution in [1.29, 1.82) is 0 Å². The first kappa shape index (κ1) is 14.9. The Labute approximate surface area is 129 Å². The van der Waals surface area contributed by atoms with Crippen molar-refractivity contribution >= 4 is 5.69 Å². The molecule has 21 heavy (non-hydrogen) atoms. The zero-order valence-electron chi connectivity index (χ0n) is 13.5. The molecule has 0 atom stereocenters. The fourth-order valence-electron chi connectivity index (χ4n) is 3.87. The molecular weight excluding hydrogens is 256 g/mol. The molecular formula is C19H30N2. The molecule has 2 aliphatic rings. The van der Waals surface area contributed by atoms with Gasteiger partial charge in [-0.3, -0.25) is 0 Å². The van der Waals surface area contributed by atoms with E-state index in [-0.39, 0.29) is 0 Å². The van der Waals surface area contributed by atoms with Crippen LogP contribution in [0.15, 0.2) is 24.3 Å². The van der Waals surface area contributed by atoms with E-state index in [0.29, 0.717) is 0 Å². The maximum absolute atomic E-state index is 3.80. The summed E-state index contributed by atoms with van der Waals surface area (Å²) < 4.78 is 0. The van der Waals surface area contributed by atoms with Crippen LogP contribution in [0.5, 0.6) is 0 Å². The van der Waals surface area contributed by atoms with Crippen molar-refractivity contribution in [2.75, 3.05) is 24.5 Å². The zero-order chi connectivity index (χ0) is 14.5. The first-order valence-corrected chi connectivity index (χ1v) is 8.89. The second kappa shape index (κ2) is 7.31. The standard InChI is InChI=1S/C19H30N2/c1-16-9-11-18(12-10-16)20-13-15-21-14-5-4-7-17-6-2-3-8-19(17)21/h2-3,6,8,16,18,20H,4-5,7,9-15H2,1H3. The molecule has 1 fully saturated rings. The van der Waals surface area contributed by atoms with E-state index in [4.69, 9.17) is 0 Å². The Morgan fingerprint density at radius 2 is 1.90 bits per heavy atom. The predicted molar refractivity (Wildman–Crippen MR) is 91.0 cm³/mol. The van der Waals surface area contributed by atoms with Crippen LogP contribution in [0.2, 0.25) is 0 Å². The van der Waals surface area contributed by atoms with Crippen LogP contribution < -0.4 is 10.2 Å². The van der Waals surface area contributed by atoms with Gasteiger partial charge in [-0.25, -0.2) is 0 Å². The molecule has 1 aromatic rings. The van der Waals surface area contributed by atoms with Crippen molar-refractivity contribution in [2.45, 2.75) is 57.9 Å². The van der Waals surface area contributed by atoms with Crippen LogP contribution >= 0.6 is 0 Å². The first-order valence-electron chi connectivity index (χ1n) is 8.89. The van der Waals surface area contributed by atoms with E-state index in [2.05, 4.69) is 41.4 Å². The molecule has 0 spiro atoms. The number of fused-ring (bicyclic) bond motifs is 1. The molecule has 3 rings (SSSR count). The third-order valence-electron chi connectivity index (χ3n) is 5.29. The van der Waals surface area contributed by atoms with Gasteiger partial charge >= 0.3 is 0 Å². The van der Waals surface area contributed by atoms with Gasteiger partial charge in [0.15, 0.2) is 0 Å². The first-order chi connectivity index (χ1) is 10.3. The van der Waals surface area contributed by atoms with Crippen LogP contribution in [0.1, 0.15) is 51.0 Å². The van der Waals surface area contributed by atoms with Crippen molar-refractivity contribution < 1.29 is 0 Å². The van der Waals surface area contributed by atoms with E-state index in [9.17, 15) is 0 Å². The number of benzene rings is 1. The molecule has 2 nitrogen and oxygen atoms in total. The van der Waals surface area contributed by atoms with Gasteiger partial charge in [-0.05, 0) is 62.5 Å². The fourth-order valence-corrected chi connectivity index (χ4v) is 3.87. The highest BCUT2D eigenvalue weighted by molar-refractivity contribution is 5.54. The summed E-state index contributed by atoms with van der Waals surface area (Å²) in [5.74, 6) is 0.945. The van der Waals surface area contributed by atoms with Crippen LogP contribution in [0.25, 0.3) is 0 Å². The summed E-state index contributed by atoms with van der Waals surface area (Å²) in [5.41, 5.74) is 3.02. The largest absolute Gasteiger partial charge is 0.370 e. The number of para-hydroxylation sites is 1. The molecule has 1 heterocycles. The Kier molecular flexibility index (Phi) is 5.18. The van der Waals surface area contributed by atoms with Crippen molar-refractivity contribution in [3.8, 4) is 0 Å². The SMILES string of the molecule is CC1CCC(NCCN2CCCCc3ccccc32)CC1.